The topological polar surface area (TPSA) is 51.1 Å². The summed E-state index contributed by atoms with van der Waals surface area (Å²) in [7, 11) is 0. The van der Waals surface area contributed by atoms with Crippen LogP contribution in [-0.4, -0.2) is 16.5 Å². The van der Waals surface area contributed by atoms with Crippen molar-refractivity contribution in [2.24, 2.45) is 11.8 Å². The van der Waals surface area contributed by atoms with Crippen LogP contribution in [-0.2, 0) is 11.3 Å². The normalized spacial score (nSPS) is 26.2. The first-order valence-corrected chi connectivity index (χ1v) is 7.92. The van der Waals surface area contributed by atoms with E-state index in [1.165, 1.54) is 17.1 Å². The Morgan fingerprint density at radius 2 is 2.15 bits per heavy atom. The predicted molar refractivity (Wildman–Crippen MR) is 82.5 cm³/mol. The second-order valence-corrected chi connectivity index (χ2v) is 6.67. The smallest absolute Gasteiger partial charge is 0.251 e. The van der Waals surface area contributed by atoms with E-state index in [1.54, 1.807) is 12.3 Å². The first-order valence-electron chi connectivity index (χ1n) is 7.12. The van der Waals surface area contributed by atoms with Crippen LogP contribution in [0.1, 0.15) is 33.1 Å². The van der Waals surface area contributed by atoms with Gasteiger partial charge in [0.15, 0.2) is 0 Å². The standard InChI is InChI=1S/C15H21BrN2O2/c1-10-4-3-5-13(11(10)2)17-14(19)9-18-8-12(16)6-7-15(18)20/h6-8,10-11,13H,3-5,9H2,1-2H3,(H,17,19)/t10-,11-,13-/m1/s1. The lowest BCUT2D eigenvalue weighted by Gasteiger charge is -2.34. The molecule has 1 N–H and O–H groups in total. The van der Waals surface area contributed by atoms with Gasteiger partial charge in [-0.2, -0.15) is 0 Å². The lowest BCUT2D eigenvalue weighted by Crippen LogP contribution is -2.45. The molecular weight excluding hydrogens is 320 g/mol. The molecule has 1 aliphatic carbocycles. The summed E-state index contributed by atoms with van der Waals surface area (Å²) in [6, 6.07) is 3.37. The molecular formula is C15H21BrN2O2. The van der Waals surface area contributed by atoms with Crippen LogP contribution in [0.5, 0.6) is 0 Å². The van der Waals surface area contributed by atoms with Gasteiger partial charge >= 0.3 is 0 Å². The fraction of sp³-hybridized carbons (Fsp3) is 0.600. The molecule has 0 unspecified atom stereocenters. The maximum Gasteiger partial charge on any atom is 0.251 e. The Morgan fingerprint density at radius 3 is 2.90 bits per heavy atom. The summed E-state index contributed by atoms with van der Waals surface area (Å²) in [6.07, 6.45) is 5.07. The molecule has 20 heavy (non-hydrogen) atoms. The molecule has 1 heterocycles. The molecule has 0 aromatic carbocycles. The molecule has 1 aliphatic rings. The molecule has 0 bridgehead atoms. The minimum atomic E-state index is -0.159. The van der Waals surface area contributed by atoms with Crippen molar-refractivity contribution < 1.29 is 4.79 Å². The van der Waals surface area contributed by atoms with Crippen molar-refractivity contribution in [2.75, 3.05) is 0 Å². The van der Waals surface area contributed by atoms with Gasteiger partial charge in [-0.1, -0.05) is 26.7 Å². The number of hydrogen-bond acceptors (Lipinski definition) is 2. The van der Waals surface area contributed by atoms with Gasteiger partial charge < -0.3 is 9.88 Å². The number of rotatable bonds is 3. The van der Waals surface area contributed by atoms with E-state index < -0.39 is 0 Å². The van der Waals surface area contributed by atoms with Gasteiger partial charge in [-0.15, -0.1) is 0 Å². The average molecular weight is 341 g/mol. The second kappa shape index (κ2) is 6.57. The van der Waals surface area contributed by atoms with Crippen LogP contribution in [0, 0.1) is 11.8 Å². The Hall–Kier alpha value is -1.10. The van der Waals surface area contributed by atoms with Gasteiger partial charge in [-0.3, -0.25) is 9.59 Å². The van der Waals surface area contributed by atoms with E-state index >= 15 is 0 Å². The van der Waals surface area contributed by atoms with Crippen molar-refractivity contribution in [3.8, 4) is 0 Å². The van der Waals surface area contributed by atoms with Gasteiger partial charge in [0, 0.05) is 22.8 Å². The molecule has 0 saturated heterocycles. The predicted octanol–water partition coefficient (Wildman–Crippen LogP) is 2.55. The van der Waals surface area contributed by atoms with E-state index in [1.807, 2.05) is 0 Å². The Bertz CT molecular complexity index is 541. The molecule has 1 saturated carbocycles. The average Bonchev–Trinajstić information content (AvgIpc) is 2.39. The van der Waals surface area contributed by atoms with Gasteiger partial charge in [-0.25, -0.2) is 0 Å². The highest BCUT2D eigenvalue weighted by atomic mass is 79.9. The third kappa shape index (κ3) is 3.72. The lowest BCUT2D eigenvalue weighted by atomic mass is 9.78. The first kappa shape index (κ1) is 15.3. The van der Waals surface area contributed by atoms with Crippen molar-refractivity contribution in [2.45, 2.75) is 45.7 Å². The van der Waals surface area contributed by atoms with Gasteiger partial charge in [0.05, 0.1) is 0 Å². The Morgan fingerprint density at radius 1 is 1.40 bits per heavy atom. The largest absolute Gasteiger partial charge is 0.352 e. The van der Waals surface area contributed by atoms with Gasteiger partial charge in [0.2, 0.25) is 5.91 Å². The molecule has 2 rings (SSSR count). The van der Waals surface area contributed by atoms with Crippen LogP contribution in [0.3, 0.4) is 0 Å². The SMILES string of the molecule is C[C@@H]1[C@H](C)CCC[C@H]1NC(=O)Cn1cc(Br)ccc1=O. The monoisotopic (exact) mass is 340 g/mol. The van der Waals surface area contributed by atoms with Crippen molar-refractivity contribution in [1.29, 1.82) is 0 Å². The number of carbonyl (C=O) groups excluding carboxylic acids is 1. The molecule has 110 valence electrons. The van der Waals surface area contributed by atoms with E-state index in [4.69, 9.17) is 0 Å². The van der Waals surface area contributed by atoms with Crippen LogP contribution in [0.4, 0.5) is 0 Å². The van der Waals surface area contributed by atoms with Gasteiger partial charge in [0.1, 0.15) is 6.54 Å². The highest BCUT2D eigenvalue weighted by molar-refractivity contribution is 9.10. The molecule has 4 nitrogen and oxygen atoms in total. The molecule has 1 aromatic rings. The Labute approximate surface area is 127 Å². The molecule has 3 atom stereocenters. The lowest BCUT2D eigenvalue weighted by molar-refractivity contribution is -0.123. The Balaban J connectivity index is 1.98. The zero-order chi connectivity index (χ0) is 14.7. The summed E-state index contributed by atoms with van der Waals surface area (Å²) in [4.78, 5) is 23.8. The summed E-state index contributed by atoms with van der Waals surface area (Å²) in [5, 5.41) is 3.08. The summed E-state index contributed by atoms with van der Waals surface area (Å²) in [5.41, 5.74) is -0.159. The first-order chi connectivity index (χ1) is 9.47. The van der Waals surface area contributed by atoms with Crippen molar-refractivity contribution >= 4 is 21.8 Å². The maximum atomic E-state index is 12.1. The minimum Gasteiger partial charge on any atom is -0.352 e. The van der Waals surface area contributed by atoms with Gasteiger partial charge in [-0.05, 0) is 40.3 Å². The maximum absolute atomic E-state index is 12.1. The van der Waals surface area contributed by atoms with E-state index in [9.17, 15) is 9.59 Å². The molecule has 0 aliphatic heterocycles. The van der Waals surface area contributed by atoms with Crippen molar-refractivity contribution in [3.63, 3.8) is 0 Å². The molecule has 1 fully saturated rings. The zero-order valence-corrected chi connectivity index (χ0v) is 13.5. The van der Waals surface area contributed by atoms with Crippen LogP contribution >= 0.6 is 15.9 Å². The van der Waals surface area contributed by atoms with E-state index in [0.29, 0.717) is 11.8 Å². The number of pyridine rings is 1. The van der Waals surface area contributed by atoms with Crippen molar-refractivity contribution in [3.05, 3.63) is 33.2 Å². The quantitative estimate of drug-likeness (QED) is 0.919. The fourth-order valence-corrected chi connectivity index (χ4v) is 3.20. The number of nitrogens with one attached hydrogen (secondary N) is 1. The van der Waals surface area contributed by atoms with Crippen LogP contribution in [0.25, 0.3) is 0 Å². The van der Waals surface area contributed by atoms with Crippen LogP contribution in [0.2, 0.25) is 0 Å². The number of carbonyl (C=O) groups is 1. The summed E-state index contributed by atoms with van der Waals surface area (Å²) >= 11 is 3.31. The number of halogens is 1. The van der Waals surface area contributed by atoms with Crippen LogP contribution < -0.4 is 10.9 Å². The highest BCUT2D eigenvalue weighted by Gasteiger charge is 2.28. The number of amides is 1. The molecule has 1 aromatic heterocycles. The van der Waals surface area contributed by atoms with Crippen molar-refractivity contribution in [1.82, 2.24) is 9.88 Å². The second-order valence-electron chi connectivity index (χ2n) is 5.75. The molecule has 5 heteroatoms. The zero-order valence-electron chi connectivity index (χ0n) is 11.9. The molecule has 0 spiro atoms. The third-order valence-electron chi connectivity index (χ3n) is 4.31. The van der Waals surface area contributed by atoms with Crippen LogP contribution in [0.15, 0.2) is 27.6 Å². The summed E-state index contributed by atoms with van der Waals surface area (Å²) in [5.74, 6) is 1.05. The summed E-state index contributed by atoms with van der Waals surface area (Å²) < 4.78 is 2.22. The molecule has 1 amide bonds. The number of nitrogens with zero attached hydrogens (tertiary/aromatic N) is 1. The number of hydrogen-bond donors (Lipinski definition) is 1. The summed E-state index contributed by atoms with van der Waals surface area (Å²) in [6.45, 7) is 4.51. The van der Waals surface area contributed by atoms with Gasteiger partial charge in [0.25, 0.3) is 5.56 Å². The Kier molecular flexibility index (Phi) is 5.02. The highest BCUT2D eigenvalue weighted by Crippen LogP contribution is 2.29. The van der Waals surface area contributed by atoms with E-state index in [2.05, 4.69) is 35.1 Å². The fourth-order valence-electron chi connectivity index (χ4n) is 2.82. The van der Waals surface area contributed by atoms with E-state index in [0.717, 1.165) is 17.3 Å². The third-order valence-corrected chi connectivity index (χ3v) is 4.78. The minimum absolute atomic E-state index is 0.0792. The molecule has 0 radical (unpaired) electrons. The van der Waals surface area contributed by atoms with E-state index in [-0.39, 0.29) is 24.1 Å². The number of aromatic nitrogens is 1.